The lowest BCUT2D eigenvalue weighted by Crippen LogP contribution is -2.44. The van der Waals surface area contributed by atoms with Crippen LogP contribution < -0.4 is 4.74 Å². The largest absolute Gasteiger partial charge is 0.484 e. The van der Waals surface area contributed by atoms with Crippen molar-refractivity contribution in [2.24, 2.45) is 0 Å². The maximum absolute atomic E-state index is 12.7. The summed E-state index contributed by atoms with van der Waals surface area (Å²) < 4.78 is 5.52. The fourth-order valence-electron chi connectivity index (χ4n) is 3.34. The second kappa shape index (κ2) is 9.89. The molecule has 0 N–H and O–H groups in total. The third-order valence-corrected chi connectivity index (χ3v) is 4.77. The van der Waals surface area contributed by atoms with Crippen molar-refractivity contribution in [3.8, 4) is 5.75 Å². The zero-order valence-electron chi connectivity index (χ0n) is 15.2. The van der Waals surface area contributed by atoms with Crippen LogP contribution in [0.15, 0.2) is 18.2 Å². The molecule has 1 aliphatic carbocycles. The molecule has 7 heteroatoms. The van der Waals surface area contributed by atoms with Crippen LogP contribution in [0.4, 0.5) is 5.69 Å². The molecular weight excluding hydrogens is 336 g/mol. The second-order valence-corrected chi connectivity index (χ2v) is 6.62. The molecule has 1 aromatic rings. The normalized spacial score (nSPS) is 14.7. The van der Waals surface area contributed by atoms with Gasteiger partial charge in [0.25, 0.3) is 11.6 Å². The molecule has 0 bridgehead atoms. The van der Waals surface area contributed by atoms with Crippen molar-refractivity contribution >= 4 is 17.9 Å². The van der Waals surface area contributed by atoms with Crippen molar-refractivity contribution in [1.82, 2.24) is 4.90 Å². The van der Waals surface area contributed by atoms with Crippen LogP contribution in [-0.4, -0.2) is 41.2 Å². The predicted octanol–water partition coefficient (Wildman–Crippen LogP) is 3.75. The number of nitro benzene ring substituents is 1. The third kappa shape index (κ3) is 5.28. The molecule has 142 valence electrons. The van der Waals surface area contributed by atoms with Crippen LogP contribution in [0.1, 0.15) is 62.2 Å². The van der Waals surface area contributed by atoms with Gasteiger partial charge in [-0.25, -0.2) is 0 Å². The van der Waals surface area contributed by atoms with Gasteiger partial charge < -0.3 is 9.64 Å². The highest BCUT2D eigenvalue weighted by Gasteiger charge is 2.25. The number of benzene rings is 1. The molecule has 0 aliphatic heterocycles. The van der Waals surface area contributed by atoms with Crippen molar-refractivity contribution in [3.63, 3.8) is 0 Å². The van der Waals surface area contributed by atoms with Gasteiger partial charge in [-0.1, -0.05) is 32.6 Å². The molecule has 1 amide bonds. The fraction of sp³-hybridized carbons (Fsp3) is 0.579. The van der Waals surface area contributed by atoms with Crippen molar-refractivity contribution in [3.05, 3.63) is 33.9 Å². The molecular formula is C19H26N2O5. The molecule has 7 nitrogen and oxygen atoms in total. The number of unbranched alkanes of at least 4 members (excludes halogenated alkanes) is 1. The summed E-state index contributed by atoms with van der Waals surface area (Å²) in [5.74, 6) is 0.210. The van der Waals surface area contributed by atoms with Crippen LogP contribution in [0, 0.1) is 10.1 Å². The monoisotopic (exact) mass is 362 g/mol. The molecule has 0 radical (unpaired) electrons. The van der Waals surface area contributed by atoms with Gasteiger partial charge in [0.2, 0.25) is 0 Å². The molecule has 0 spiro atoms. The quantitative estimate of drug-likeness (QED) is 0.379. The van der Waals surface area contributed by atoms with Crippen molar-refractivity contribution in [2.45, 2.75) is 57.9 Å². The third-order valence-electron chi connectivity index (χ3n) is 4.77. The Bertz CT molecular complexity index is 641. The maximum Gasteiger partial charge on any atom is 0.280 e. The van der Waals surface area contributed by atoms with Crippen LogP contribution in [0.25, 0.3) is 0 Å². The first-order chi connectivity index (χ1) is 12.6. The van der Waals surface area contributed by atoms with Crippen molar-refractivity contribution in [2.75, 3.05) is 13.2 Å². The summed E-state index contributed by atoms with van der Waals surface area (Å²) in [6, 6.07) is 4.21. The van der Waals surface area contributed by atoms with Gasteiger partial charge in [0.1, 0.15) is 5.75 Å². The highest BCUT2D eigenvalue weighted by molar-refractivity contribution is 5.82. The van der Waals surface area contributed by atoms with E-state index in [0.29, 0.717) is 6.29 Å². The summed E-state index contributed by atoms with van der Waals surface area (Å²) in [6.07, 6.45) is 7.96. The van der Waals surface area contributed by atoms with Crippen LogP contribution in [0.3, 0.4) is 0 Å². The zero-order chi connectivity index (χ0) is 18.9. The second-order valence-electron chi connectivity index (χ2n) is 6.62. The van der Waals surface area contributed by atoms with Gasteiger partial charge in [0.05, 0.1) is 10.5 Å². The van der Waals surface area contributed by atoms with Crippen molar-refractivity contribution < 1.29 is 19.2 Å². The molecule has 1 aromatic carbocycles. The summed E-state index contributed by atoms with van der Waals surface area (Å²) in [7, 11) is 0. The average molecular weight is 362 g/mol. The number of nitro groups is 1. The standard InChI is InChI=1S/C19H26N2O5/c1-2-3-11-20(16-7-5-4-6-8-16)19(23)14-26-17-9-10-18(21(24)25)15(12-17)13-22/h9-10,12-13,16H,2-8,11,14H2,1H3. The van der Waals surface area contributed by atoms with Crippen LogP contribution in [0.2, 0.25) is 0 Å². The predicted molar refractivity (Wildman–Crippen MR) is 97.5 cm³/mol. The molecule has 1 aliphatic rings. The summed E-state index contributed by atoms with van der Waals surface area (Å²) in [6.45, 7) is 2.69. The van der Waals surface area contributed by atoms with E-state index in [0.717, 1.165) is 45.1 Å². The average Bonchev–Trinajstić information content (AvgIpc) is 2.67. The fourth-order valence-corrected chi connectivity index (χ4v) is 3.34. The smallest absolute Gasteiger partial charge is 0.280 e. The molecule has 0 aromatic heterocycles. The van der Waals surface area contributed by atoms with Crippen LogP contribution in [-0.2, 0) is 4.79 Å². The first kappa shape index (κ1) is 19.9. The number of rotatable bonds is 9. The van der Waals surface area contributed by atoms with E-state index >= 15 is 0 Å². The molecule has 0 saturated heterocycles. The minimum atomic E-state index is -0.617. The Kier molecular flexibility index (Phi) is 7.56. The minimum Gasteiger partial charge on any atom is -0.484 e. The van der Waals surface area contributed by atoms with E-state index in [4.69, 9.17) is 4.74 Å². The van der Waals surface area contributed by atoms with E-state index in [-0.39, 0.29) is 35.6 Å². The first-order valence-electron chi connectivity index (χ1n) is 9.22. The number of hydrogen-bond acceptors (Lipinski definition) is 5. The number of amides is 1. The summed E-state index contributed by atoms with van der Waals surface area (Å²) in [5, 5.41) is 10.9. The van der Waals surface area contributed by atoms with E-state index in [1.165, 1.54) is 24.6 Å². The molecule has 1 fully saturated rings. The Labute approximate surface area is 153 Å². The number of aldehydes is 1. The Morgan fingerprint density at radius 1 is 1.35 bits per heavy atom. The number of ether oxygens (including phenoxy) is 1. The lowest BCUT2D eigenvalue weighted by molar-refractivity contribution is -0.385. The molecule has 2 rings (SSSR count). The maximum atomic E-state index is 12.7. The number of carbonyl (C=O) groups excluding carboxylic acids is 2. The van der Waals surface area contributed by atoms with Gasteiger partial charge in [0.15, 0.2) is 12.9 Å². The number of hydrogen-bond donors (Lipinski definition) is 0. The zero-order valence-corrected chi connectivity index (χ0v) is 15.2. The van der Waals surface area contributed by atoms with Gasteiger partial charge in [-0.2, -0.15) is 0 Å². The van der Waals surface area contributed by atoms with Crippen molar-refractivity contribution in [1.29, 1.82) is 0 Å². The Morgan fingerprint density at radius 3 is 2.69 bits per heavy atom. The number of nitrogens with zero attached hydrogens (tertiary/aromatic N) is 2. The topological polar surface area (TPSA) is 89.8 Å². The molecule has 0 unspecified atom stereocenters. The van der Waals surface area contributed by atoms with Gasteiger partial charge in [-0.05, 0) is 31.4 Å². The van der Waals surface area contributed by atoms with E-state index in [2.05, 4.69) is 6.92 Å². The Balaban J connectivity index is 2.02. The first-order valence-corrected chi connectivity index (χ1v) is 9.22. The Hall–Kier alpha value is -2.44. The SMILES string of the molecule is CCCCN(C(=O)COc1ccc([N+](=O)[O-])c(C=O)c1)C1CCCCC1. The molecule has 0 atom stereocenters. The lowest BCUT2D eigenvalue weighted by Gasteiger charge is -2.34. The van der Waals surface area contributed by atoms with Gasteiger partial charge >= 0.3 is 0 Å². The van der Waals surface area contributed by atoms with E-state index in [1.807, 2.05) is 4.90 Å². The number of carbonyl (C=O) groups is 2. The van der Waals surface area contributed by atoms with Gasteiger partial charge in [0, 0.05) is 18.7 Å². The molecule has 26 heavy (non-hydrogen) atoms. The molecule has 1 saturated carbocycles. The van der Waals surface area contributed by atoms with Gasteiger partial charge in [-0.3, -0.25) is 19.7 Å². The van der Waals surface area contributed by atoms with Crippen LogP contribution >= 0.6 is 0 Å². The minimum absolute atomic E-state index is 0.0601. The summed E-state index contributed by atoms with van der Waals surface area (Å²) in [4.78, 5) is 35.9. The van der Waals surface area contributed by atoms with E-state index in [9.17, 15) is 19.7 Å². The Morgan fingerprint density at radius 2 is 2.08 bits per heavy atom. The highest BCUT2D eigenvalue weighted by Crippen LogP contribution is 2.25. The highest BCUT2D eigenvalue weighted by atomic mass is 16.6. The van der Waals surface area contributed by atoms with E-state index < -0.39 is 4.92 Å². The molecule has 0 heterocycles. The van der Waals surface area contributed by atoms with E-state index in [1.54, 1.807) is 0 Å². The van der Waals surface area contributed by atoms with Crippen LogP contribution in [0.5, 0.6) is 5.75 Å². The van der Waals surface area contributed by atoms with Gasteiger partial charge in [-0.15, -0.1) is 0 Å². The lowest BCUT2D eigenvalue weighted by atomic mass is 9.94. The summed E-state index contributed by atoms with van der Waals surface area (Å²) in [5.41, 5.74) is -0.333. The summed E-state index contributed by atoms with van der Waals surface area (Å²) >= 11 is 0.